The third-order valence-corrected chi connectivity index (χ3v) is 2.47. The van der Waals surface area contributed by atoms with Gasteiger partial charge in [0.25, 0.3) is 0 Å². The molecule has 0 aliphatic rings. The Hall–Kier alpha value is 0.180. The lowest BCUT2D eigenvalue weighted by Crippen LogP contribution is -2.04. The smallest absolute Gasteiger partial charge is 0.0522 e. The molecule has 0 amide bonds. The second-order valence-electron chi connectivity index (χ2n) is 3.46. The van der Waals surface area contributed by atoms with Crippen molar-refractivity contribution in [3.05, 3.63) is 11.6 Å². The fourth-order valence-electron chi connectivity index (χ4n) is 1.07. The van der Waals surface area contributed by atoms with E-state index in [-0.39, 0.29) is 0 Å². The molecule has 0 rings (SSSR count). The SMILES string of the molecule is COCC(C)/C=C(/CBr)C(C)C. The Kier molecular flexibility index (Phi) is 6.77. The van der Waals surface area contributed by atoms with Crippen molar-refractivity contribution < 1.29 is 4.74 Å². The van der Waals surface area contributed by atoms with E-state index in [9.17, 15) is 0 Å². The molecule has 2 heteroatoms. The number of allylic oxidation sites excluding steroid dienone is 1. The molecule has 1 atom stereocenters. The van der Waals surface area contributed by atoms with E-state index in [0.717, 1.165) is 11.9 Å². The number of methoxy groups -OCH3 is 1. The largest absolute Gasteiger partial charge is 0.384 e. The van der Waals surface area contributed by atoms with Crippen molar-refractivity contribution in [2.24, 2.45) is 11.8 Å². The Labute approximate surface area is 84.3 Å². The number of hydrogen-bond donors (Lipinski definition) is 0. The van der Waals surface area contributed by atoms with Crippen molar-refractivity contribution in [2.45, 2.75) is 20.8 Å². The maximum atomic E-state index is 5.07. The minimum absolute atomic E-state index is 0.518. The number of hydrogen-bond acceptors (Lipinski definition) is 1. The van der Waals surface area contributed by atoms with E-state index in [2.05, 4.69) is 42.8 Å². The van der Waals surface area contributed by atoms with E-state index in [0.29, 0.717) is 11.8 Å². The zero-order valence-electron chi connectivity index (χ0n) is 8.43. The van der Waals surface area contributed by atoms with Crippen LogP contribution < -0.4 is 0 Å². The second-order valence-corrected chi connectivity index (χ2v) is 4.02. The van der Waals surface area contributed by atoms with Gasteiger partial charge in [0.1, 0.15) is 0 Å². The van der Waals surface area contributed by atoms with Crippen LogP contribution in [0, 0.1) is 11.8 Å². The molecule has 0 bridgehead atoms. The van der Waals surface area contributed by atoms with E-state index in [1.165, 1.54) is 5.57 Å². The number of alkyl halides is 1. The molecule has 0 aromatic heterocycles. The molecule has 0 N–H and O–H groups in total. The van der Waals surface area contributed by atoms with Crippen LogP contribution in [0.4, 0.5) is 0 Å². The van der Waals surface area contributed by atoms with Gasteiger partial charge in [-0.25, -0.2) is 0 Å². The van der Waals surface area contributed by atoms with Gasteiger partial charge >= 0.3 is 0 Å². The Morgan fingerprint density at radius 2 is 2.00 bits per heavy atom. The fourth-order valence-corrected chi connectivity index (χ4v) is 1.90. The standard InChI is InChI=1S/C10H19BrO/c1-8(2)10(6-11)5-9(3)7-12-4/h5,8-9H,6-7H2,1-4H3/b10-5-. The third kappa shape index (κ3) is 4.94. The minimum Gasteiger partial charge on any atom is -0.384 e. The first-order valence-corrected chi connectivity index (χ1v) is 5.49. The lowest BCUT2D eigenvalue weighted by Gasteiger charge is -2.11. The summed E-state index contributed by atoms with van der Waals surface area (Å²) in [4.78, 5) is 0. The maximum absolute atomic E-state index is 5.07. The van der Waals surface area contributed by atoms with Crippen molar-refractivity contribution in [2.75, 3.05) is 19.0 Å². The molecule has 0 radical (unpaired) electrons. The maximum Gasteiger partial charge on any atom is 0.0522 e. The summed E-state index contributed by atoms with van der Waals surface area (Å²) < 4.78 is 5.07. The van der Waals surface area contributed by atoms with Crippen LogP contribution in [0.3, 0.4) is 0 Å². The molecule has 0 aliphatic heterocycles. The first-order chi connectivity index (χ1) is 5.61. The Morgan fingerprint density at radius 3 is 2.33 bits per heavy atom. The van der Waals surface area contributed by atoms with E-state index >= 15 is 0 Å². The molecule has 0 fully saturated rings. The van der Waals surface area contributed by atoms with Crippen LogP contribution in [0.25, 0.3) is 0 Å². The highest BCUT2D eigenvalue weighted by molar-refractivity contribution is 9.09. The summed E-state index contributed by atoms with van der Waals surface area (Å²) in [6, 6.07) is 0. The summed E-state index contributed by atoms with van der Waals surface area (Å²) in [6.45, 7) is 7.41. The van der Waals surface area contributed by atoms with Gasteiger partial charge in [-0.15, -0.1) is 0 Å². The minimum atomic E-state index is 0.518. The molecule has 1 nitrogen and oxygen atoms in total. The molecule has 72 valence electrons. The molecule has 0 aromatic carbocycles. The van der Waals surface area contributed by atoms with Crippen LogP contribution in [-0.4, -0.2) is 19.0 Å². The lowest BCUT2D eigenvalue weighted by molar-refractivity contribution is 0.175. The van der Waals surface area contributed by atoms with Gasteiger partial charge < -0.3 is 4.74 Å². The van der Waals surface area contributed by atoms with Crippen molar-refractivity contribution >= 4 is 15.9 Å². The average Bonchev–Trinajstić information content (AvgIpc) is 2.00. The Bertz CT molecular complexity index is 141. The van der Waals surface area contributed by atoms with Gasteiger partial charge in [-0.05, 0) is 11.8 Å². The van der Waals surface area contributed by atoms with E-state index in [4.69, 9.17) is 4.74 Å². The van der Waals surface area contributed by atoms with Gasteiger partial charge in [0.05, 0.1) is 6.61 Å². The highest BCUT2D eigenvalue weighted by Crippen LogP contribution is 2.15. The predicted octanol–water partition coefficient (Wildman–Crippen LogP) is 3.25. The van der Waals surface area contributed by atoms with Crippen LogP contribution in [0.2, 0.25) is 0 Å². The first kappa shape index (κ1) is 12.2. The van der Waals surface area contributed by atoms with Gasteiger partial charge in [-0.3, -0.25) is 0 Å². The zero-order valence-corrected chi connectivity index (χ0v) is 10.0. The summed E-state index contributed by atoms with van der Waals surface area (Å²) in [5, 5.41) is 0.971. The Balaban J connectivity index is 4.07. The molecule has 0 spiro atoms. The number of halogens is 1. The molecule has 1 unspecified atom stereocenters. The van der Waals surface area contributed by atoms with Crippen LogP contribution in [0.1, 0.15) is 20.8 Å². The number of ether oxygens (including phenoxy) is 1. The van der Waals surface area contributed by atoms with Gasteiger partial charge in [0, 0.05) is 12.4 Å². The molecule has 0 aliphatic carbocycles. The molecular formula is C10H19BrO. The van der Waals surface area contributed by atoms with Crippen LogP contribution in [-0.2, 0) is 4.74 Å². The molecule has 0 aromatic rings. The molecular weight excluding hydrogens is 216 g/mol. The van der Waals surface area contributed by atoms with E-state index in [1.54, 1.807) is 7.11 Å². The fraction of sp³-hybridized carbons (Fsp3) is 0.800. The third-order valence-electron chi connectivity index (χ3n) is 1.82. The highest BCUT2D eigenvalue weighted by atomic mass is 79.9. The summed E-state index contributed by atoms with van der Waals surface area (Å²) in [5.74, 6) is 1.15. The molecule has 0 saturated heterocycles. The molecule has 0 saturated carbocycles. The lowest BCUT2D eigenvalue weighted by atomic mass is 10.0. The van der Waals surface area contributed by atoms with Gasteiger partial charge in [-0.1, -0.05) is 48.4 Å². The monoisotopic (exact) mass is 234 g/mol. The van der Waals surface area contributed by atoms with Crippen LogP contribution >= 0.6 is 15.9 Å². The highest BCUT2D eigenvalue weighted by Gasteiger charge is 2.04. The van der Waals surface area contributed by atoms with Crippen molar-refractivity contribution in [3.63, 3.8) is 0 Å². The topological polar surface area (TPSA) is 9.23 Å². The normalized spacial score (nSPS) is 15.3. The van der Waals surface area contributed by atoms with Gasteiger partial charge in [-0.2, -0.15) is 0 Å². The van der Waals surface area contributed by atoms with Crippen LogP contribution in [0.5, 0.6) is 0 Å². The molecule has 12 heavy (non-hydrogen) atoms. The summed E-state index contributed by atoms with van der Waals surface area (Å²) in [7, 11) is 1.74. The Morgan fingerprint density at radius 1 is 1.42 bits per heavy atom. The van der Waals surface area contributed by atoms with E-state index in [1.807, 2.05) is 0 Å². The van der Waals surface area contributed by atoms with Crippen LogP contribution in [0.15, 0.2) is 11.6 Å². The van der Waals surface area contributed by atoms with E-state index < -0.39 is 0 Å². The first-order valence-electron chi connectivity index (χ1n) is 4.37. The second kappa shape index (κ2) is 6.67. The summed E-state index contributed by atoms with van der Waals surface area (Å²) >= 11 is 3.49. The zero-order chi connectivity index (χ0) is 9.56. The molecule has 0 heterocycles. The average molecular weight is 235 g/mol. The van der Waals surface area contributed by atoms with Crippen molar-refractivity contribution in [1.82, 2.24) is 0 Å². The summed E-state index contributed by atoms with van der Waals surface area (Å²) in [5.41, 5.74) is 1.46. The quantitative estimate of drug-likeness (QED) is 0.525. The van der Waals surface area contributed by atoms with Gasteiger partial charge in [0.15, 0.2) is 0 Å². The van der Waals surface area contributed by atoms with Crippen molar-refractivity contribution in [3.8, 4) is 0 Å². The van der Waals surface area contributed by atoms with Crippen molar-refractivity contribution in [1.29, 1.82) is 0 Å². The van der Waals surface area contributed by atoms with Gasteiger partial charge in [0.2, 0.25) is 0 Å². The number of rotatable bonds is 5. The predicted molar refractivity (Wildman–Crippen MR) is 57.8 cm³/mol. The summed E-state index contributed by atoms with van der Waals surface area (Å²) in [6.07, 6.45) is 2.29.